The fraction of sp³-hybridized carbons (Fsp3) is 0.435. The molecule has 0 aromatic heterocycles. The zero-order valence-electron chi connectivity index (χ0n) is 16.3. The largest absolute Gasteiger partial charge is 0.381 e. The average molecular weight is 367 g/mol. The van der Waals surface area contributed by atoms with E-state index in [9.17, 15) is 4.79 Å². The fourth-order valence-electron chi connectivity index (χ4n) is 3.54. The van der Waals surface area contributed by atoms with Crippen molar-refractivity contribution in [3.05, 3.63) is 65.7 Å². The van der Waals surface area contributed by atoms with Gasteiger partial charge in [-0.1, -0.05) is 48.5 Å². The number of piperazine rings is 1. The van der Waals surface area contributed by atoms with Crippen LogP contribution < -0.4 is 4.90 Å². The first-order valence-corrected chi connectivity index (χ1v) is 9.94. The number of hydrogen-bond donors (Lipinski definition) is 0. The van der Waals surface area contributed by atoms with Gasteiger partial charge in [-0.25, -0.2) is 0 Å². The zero-order chi connectivity index (χ0) is 18.9. The van der Waals surface area contributed by atoms with E-state index in [1.165, 1.54) is 16.8 Å². The molecular formula is C23H30N2O2. The second-order valence-corrected chi connectivity index (χ2v) is 7.11. The van der Waals surface area contributed by atoms with Gasteiger partial charge in [0, 0.05) is 44.9 Å². The van der Waals surface area contributed by atoms with Crippen molar-refractivity contribution in [3.63, 3.8) is 0 Å². The van der Waals surface area contributed by atoms with Gasteiger partial charge < -0.3 is 14.5 Å². The molecule has 2 aromatic rings. The maximum atomic E-state index is 12.4. The topological polar surface area (TPSA) is 32.8 Å². The van der Waals surface area contributed by atoms with Gasteiger partial charge in [0.1, 0.15) is 0 Å². The number of nitrogens with zero attached hydrogens (tertiary/aromatic N) is 2. The molecule has 0 spiro atoms. The van der Waals surface area contributed by atoms with Crippen LogP contribution >= 0.6 is 0 Å². The normalized spacial score (nSPS) is 14.4. The van der Waals surface area contributed by atoms with Crippen molar-refractivity contribution in [2.45, 2.75) is 26.2 Å². The maximum Gasteiger partial charge on any atom is 0.222 e. The highest BCUT2D eigenvalue weighted by Gasteiger charge is 2.21. The summed E-state index contributed by atoms with van der Waals surface area (Å²) < 4.78 is 5.68. The second kappa shape index (κ2) is 10.1. The standard InChI is InChI=1S/C23H30N2O2/c1-20-8-5-6-11-22(20)24-14-16-25(17-15-24)23(26)12-7-18-27-19-13-21-9-3-2-4-10-21/h2-6,8-11H,7,12-19H2,1H3. The lowest BCUT2D eigenvalue weighted by atomic mass is 10.1. The molecule has 1 amide bonds. The highest BCUT2D eigenvalue weighted by Crippen LogP contribution is 2.21. The molecule has 0 bridgehead atoms. The summed E-state index contributed by atoms with van der Waals surface area (Å²) in [6.07, 6.45) is 2.30. The smallest absolute Gasteiger partial charge is 0.222 e. The molecule has 0 saturated carbocycles. The Balaban J connectivity index is 1.30. The molecule has 0 unspecified atom stereocenters. The number of carbonyl (C=O) groups excluding carboxylic acids is 1. The molecule has 1 fully saturated rings. The van der Waals surface area contributed by atoms with Gasteiger partial charge in [-0.15, -0.1) is 0 Å². The molecule has 1 aliphatic rings. The lowest BCUT2D eigenvalue weighted by Gasteiger charge is -2.36. The Morgan fingerprint density at radius 1 is 0.926 bits per heavy atom. The van der Waals surface area contributed by atoms with Crippen LogP contribution in [0, 0.1) is 6.92 Å². The average Bonchev–Trinajstić information content (AvgIpc) is 2.72. The Bertz CT molecular complexity index is 709. The van der Waals surface area contributed by atoms with Gasteiger partial charge in [-0.2, -0.15) is 0 Å². The van der Waals surface area contributed by atoms with Crippen LogP contribution in [0.15, 0.2) is 54.6 Å². The van der Waals surface area contributed by atoms with Gasteiger partial charge in [0.05, 0.1) is 6.61 Å². The molecule has 0 atom stereocenters. The molecule has 144 valence electrons. The van der Waals surface area contributed by atoms with Crippen molar-refractivity contribution in [2.24, 2.45) is 0 Å². The van der Waals surface area contributed by atoms with Crippen molar-refractivity contribution in [3.8, 4) is 0 Å². The minimum Gasteiger partial charge on any atom is -0.381 e. The molecule has 0 aliphatic carbocycles. The number of para-hydroxylation sites is 1. The van der Waals surface area contributed by atoms with Crippen molar-refractivity contribution in [2.75, 3.05) is 44.3 Å². The van der Waals surface area contributed by atoms with E-state index in [4.69, 9.17) is 4.74 Å². The Kier molecular flexibility index (Phi) is 7.28. The molecule has 1 aliphatic heterocycles. The van der Waals surface area contributed by atoms with E-state index in [-0.39, 0.29) is 5.91 Å². The van der Waals surface area contributed by atoms with E-state index in [0.717, 1.165) is 39.0 Å². The number of benzene rings is 2. The number of aryl methyl sites for hydroxylation is 1. The monoisotopic (exact) mass is 366 g/mol. The summed E-state index contributed by atoms with van der Waals surface area (Å²) in [5, 5.41) is 0. The lowest BCUT2D eigenvalue weighted by molar-refractivity contribution is -0.131. The first-order valence-electron chi connectivity index (χ1n) is 9.94. The maximum absolute atomic E-state index is 12.4. The van der Waals surface area contributed by atoms with E-state index < -0.39 is 0 Å². The minimum absolute atomic E-state index is 0.256. The van der Waals surface area contributed by atoms with Gasteiger partial charge >= 0.3 is 0 Å². The SMILES string of the molecule is Cc1ccccc1N1CCN(C(=O)CCCOCCc2ccccc2)CC1. The highest BCUT2D eigenvalue weighted by molar-refractivity contribution is 5.76. The lowest BCUT2D eigenvalue weighted by Crippen LogP contribution is -2.49. The third-order valence-corrected chi connectivity index (χ3v) is 5.15. The summed E-state index contributed by atoms with van der Waals surface area (Å²) >= 11 is 0. The van der Waals surface area contributed by atoms with Crippen molar-refractivity contribution < 1.29 is 9.53 Å². The van der Waals surface area contributed by atoms with Crippen LogP contribution in [0.5, 0.6) is 0 Å². The van der Waals surface area contributed by atoms with E-state index in [1.807, 2.05) is 23.1 Å². The number of hydrogen-bond acceptors (Lipinski definition) is 3. The molecule has 1 heterocycles. The summed E-state index contributed by atoms with van der Waals surface area (Å²) in [4.78, 5) is 16.8. The van der Waals surface area contributed by atoms with Crippen molar-refractivity contribution in [1.29, 1.82) is 0 Å². The fourth-order valence-corrected chi connectivity index (χ4v) is 3.54. The Labute approximate surface area is 162 Å². The number of rotatable bonds is 8. The zero-order valence-corrected chi connectivity index (χ0v) is 16.3. The van der Waals surface area contributed by atoms with E-state index in [2.05, 4.69) is 48.2 Å². The van der Waals surface area contributed by atoms with Crippen LogP contribution in [0.1, 0.15) is 24.0 Å². The summed E-state index contributed by atoms with van der Waals surface area (Å²) in [5.74, 6) is 0.256. The molecule has 1 saturated heterocycles. The molecule has 0 radical (unpaired) electrons. The van der Waals surface area contributed by atoms with E-state index >= 15 is 0 Å². The highest BCUT2D eigenvalue weighted by atomic mass is 16.5. The van der Waals surface area contributed by atoms with Crippen LogP contribution in [0.3, 0.4) is 0 Å². The quantitative estimate of drug-likeness (QED) is 0.668. The molecule has 0 N–H and O–H groups in total. The molecular weight excluding hydrogens is 336 g/mol. The summed E-state index contributed by atoms with van der Waals surface area (Å²) in [6.45, 7) is 6.94. The Morgan fingerprint density at radius 2 is 1.63 bits per heavy atom. The summed E-state index contributed by atoms with van der Waals surface area (Å²) in [7, 11) is 0. The molecule has 4 heteroatoms. The van der Waals surface area contributed by atoms with Crippen LogP contribution in [0.2, 0.25) is 0 Å². The predicted molar refractivity (Wildman–Crippen MR) is 110 cm³/mol. The molecule has 27 heavy (non-hydrogen) atoms. The number of carbonyl (C=O) groups is 1. The Morgan fingerprint density at radius 3 is 2.37 bits per heavy atom. The second-order valence-electron chi connectivity index (χ2n) is 7.11. The number of anilines is 1. The first-order chi connectivity index (χ1) is 13.2. The van der Waals surface area contributed by atoms with Crippen molar-refractivity contribution >= 4 is 11.6 Å². The molecule has 3 rings (SSSR count). The minimum atomic E-state index is 0.256. The summed E-state index contributed by atoms with van der Waals surface area (Å²) in [6, 6.07) is 18.8. The third kappa shape index (κ3) is 5.83. The number of amides is 1. The van der Waals surface area contributed by atoms with Gasteiger partial charge in [0.25, 0.3) is 0 Å². The van der Waals surface area contributed by atoms with Crippen LogP contribution in [0.25, 0.3) is 0 Å². The Hall–Kier alpha value is -2.33. The van der Waals surface area contributed by atoms with Gasteiger partial charge in [-0.3, -0.25) is 4.79 Å². The summed E-state index contributed by atoms with van der Waals surface area (Å²) in [5.41, 5.74) is 3.88. The third-order valence-electron chi connectivity index (χ3n) is 5.15. The number of ether oxygens (including phenoxy) is 1. The molecule has 2 aromatic carbocycles. The first kappa shape index (κ1) is 19.4. The van der Waals surface area contributed by atoms with Crippen LogP contribution in [-0.2, 0) is 16.0 Å². The molecule has 4 nitrogen and oxygen atoms in total. The van der Waals surface area contributed by atoms with E-state index in [1.54, 1.807) is 0 Å². The van der Waals surface area contributed by atoms with Crippen molar-refractivity contribution in [1.82, 2.24) is 4.90 Å². The predicted octanol–water partition coefficient (Wildman–Crippen LogP) is 3.68. The van der Waals surface area contributed by atoms with Gasteiger partial charge in [0.2, 0.25) is 5.91 Å². The van der Waals surface area contributed by atoms with Gasteiger partial charge in [-0.05, 0) is 37.0 Å². The van der Waals surface area contributed by atoms with E-state index in [0.29, 0.717) is 19.6 Å². The van der Waals surface area contributed by atoms with Crippen LogP contribution in [0.4, 0.5) is 5.69 Å². The van der Waals surface area contributed by atoms with Crippen LogP contribution in [-0.4, -0.2) is 50.2 Å². The van der Waals surface area contributed by atoms with Gasteiger partial charge in [0.15, 0.2) is 0 Å².